The van der Waals surface area contributed by atoms with Crippen LogP contribution in [0.2, 0.25) is 0 Å². The van der Waals surface area contributed by atoms with Gasteiger partial charge in [-0.15, -0.1) is 10.2 Å². The number of nitrogens with zero attached hydrogens (tertiary/aromatic N) is 3. The molecular formula is C16H17N5O3. The summed E-state index contributed by atoms with van der Waals surface area (Å²) in [7, 11) is 1.65. The molecule has 2 heterocycles. The molecule has 0 bridgehead atoms. The van der Waals surface area contributed by atoms with Crippen LogP contribution in [0.5, 0.6) is 0 Å². The number of ether oxygens (including phenoxy) is 1. The number of methoxy groups -OCH3 is 1. The molecule has 1 aromatic carbocycles. The van der Waals surface area contributed by atoms with Gasteiger partial charge in [-0.1, -0.05) is 6.07 Å². The maximum Gasteiger partial charge on any atom is 0.309 e. The lowest BCUT2D eigenvalue weighted by Gasteiger charge is -2.10. The maximum absolute atomic E-state index is 12.2. The molecule has 1 fully saturated rings. The molecule has 8 heteroatoms. The van der Waals surface area contributed by atoms with Gasteiger partial charge in [0.1, 0.15) is 0 Å². The number of benzene rings is 1. The summed E-state index contributed by atoms with van der Waals surface area (Å²) < 4.78 is 10.5. The van der Waals surface area contributed by atoms with Gasteiger partial charge < -0.3 is 19.8 Å². The topological polar surface area (TPSA) is 113 Å². The van der Waals surface area contributed by atoms with Gasteiger partial charge in [0.2, 0.25) is 5.89 Å². The van der Waals surface area contributed by atoms with E-state index in [-0.39, 0.29) is 23.9 Å². The zero-order valence-electron chi connectivity index (χ0n) is 13.2. The Kier molecular flexibility index (Phi) is 4.84. The molecule has 1 aliphatic heterocycles. The first-order valence-electron chi connectivity index (χ1n) is 7.57. The summed E-state index contributed by atoms with van der Waals surface area (Å²) in [5.74, 6) is -0.295. The van der Waals surface area contributed by atoms with Crippen molar-refractivity contribution in [2.45, 2.75) is 18.5 Å². The number of hydrogen-bond acceptors (Lipinski definition) is 7. The standard InChI is InChI=1S/C16H17N5O3/c1-23-9-13-6-12(8-18-13)19-14(22)16-21-20-15(24-16)11-4-2-3-10(5-11)7-17/h2-5,12-13,18H,6,8-9H2,1H3,(H,19,22)/t12-,13+/m1/s1. The van der Waals surface area contributed by atoms with E-state index in [2.05, 4.69) is 20.8 Å². The van der Waals surface area contributed by atoms with Crippen LogP contribution in [0, 0.1) is 11.3 Å². The molecule has 0 unspecified atom stereocenters. The largest absolute Gasteiger partial charge is 0.412 e. The molecule has 1 aromatic heterocycles. The molecule has 0 saturated carbocycles. The van der Waals surface area contributed by atoms with Crippen molar-refractivity contribution in [1.29, 1.82) is 5.26 Å². The normalized spacial score (nSPS) is 19.8. The summed E-state index contributed by atoms with van der Waals surface area (Å²) >= 11 is 0. The van der Waals surface area contributed by atoms with Crippen molar-refractivity contribution < 1.29 is 13.9 Å². The van der Waals surface area contributed by atoms with Gasteiger partial charge in [0.05, 0.1) is 18.2 Å². The molecule has 124 valence electrons. The Morgan fingerprint density at radius 2 is 2.42 bits per heavy atom. The quantitative estimate of drug-likeness (QED) is 0.831. The minimum absolute atomic E-state index is 0.00471. The van der Waals surface area contributed by atoms with Crippen molar-refractivity contribution in [1.82, 2.24) is 20.8 Å². The Bertz CT molecular complexity index is 767. The molecular weight excluding hydrogens is 310 g/mol. The summed E-state index contributed by atoms with van der Waals surface area (Å²) in [6, 6.07) is 9.04. The van der Waals surface area contributed by atoms with Crippen LogP contribution < -0.4 is 10.6 Å². The molecule has 2 aromatic rings. The zero-order chi connectivity index (χ0) is 16.9. The van der Waals surface area contributed by atoms with Gasteiger partial charge in [-0.05, 0) is 24.6 Å². The average Bonchev–Trinajstić information content (AvgIpc) is 3.25. The number of carbonyl (C=O) groups excluding carboxylic acids is 1. The molecule has 2 N–H and O–H groups in total. The fourth-order valence-electron chi connectivity index (χ4n) is 2.66. The Morgan fingerprint density at radius 1 is 1.54 bits per heavy atom. The van der Waals surface area contributed by atoms with E-state index in [0.717, 1.165) is 6.42 Å². The molecule has 24 heavy (non-hydrogen) atoms. The SMILES string of the molecule is COC[C@@H]1C[C@@H](NC(=O)c2nnc(-c3cccc(C#N)c3)o2)CN1. The highest BCUT2D eigenvalue weighted by molar-refractivity contribution is 5.90. The minimum Gasteiger partial charge on any atom is -0.412 e. The van der Waals surface area contributed by atoms with Crippen molar-refractivity contribution in [3.8, 4) is 17.5 Å². The molecule has 1 amide bonds. The summed E-state index contributed by atoms with van der Waals surface area (Å²) in [6.45, 7) is 1.28. The summed E-state index contributed by atoms with van der Waals surface area (Å²) in [6.07, 6.45) is 0.783. The lowest BCUT2D eigenvalue weighted by Crippen LogP contribution is -2.36. The summed E-state index contributed by atoms with van der Waals surface area (Å²) in [5, 5.41) is 22.7. The minimum atomic E-state index is -0.407. The second kappa shape index (κ2) is 7.21. The van der Waals surface area contributed by atoms with Crippen LogP contribution >= 0.6 is 0 Å². The van der Waals surface area contributed by atoms with Crippen LogP contribution in [-0.4, -0.2) is 48.4 Å². The van der Waals surface area contributed by atoms with Crippen molar-refractivity contribution in [2.75, 3.05) is 20.3 Å². The van der Waals surface area contributed by atoms with E-state index in [1.165, 1.54) is 0 Å². The van der Waals surface area contributed by atoms with Gasteiger partial charge in [-0.25, -0.2) is 0 Å². The Balaban J connectivity index is 1.65. The van der Waals surface area contributed by atoms with Gasteiger partial charge in [-0.2, -0.15) is 5.26 Å². The van der Waals surface area contributed by atoms with E-state index < -0.39 is 5.91 Å². The second-order valence-corrected chi connectivity index (χ2v) is 5.57. The van der Waals surface area contributed by atoms with E-state index in [4.69, 9.17) is 14.4 Å². The fraction of sp³-hybridized carbons (Fsp3) is 0.375. The van der Waals surface area contributed by atoms with Crippen molar-refractivity contribution in [3.05, 3.63) is 35.7 Å². The van der Waals surface area contributed by atoms with Crippen LogP contribution in [0.4, 0.5) is 0 Å². The fourth-order valence-corrected chi connectivity index (χ4v) is 2.66. The van der Waals surface area contributed by atoms with Gasteiger partial charge >= 0.3 is 11.8 Å². The number of nitriles is 1. The van der Waals surface area contributed by atoms with Crippen LogP contribution in [0.25, 0.3) is 11.5 Å². The number of nitrogens with one attached hydrogen (secondary N) is 2. The van der Waals surface area contributed by atoms with Crippen LogP contribution in [0.15, 0.2) is 28.7 Å². The monoisotopic (exact) mass is 327 g/mol. The number of hydrogen-bond donors (Lipinski definition) is 2. The molecule has 0 radical (unpaired) electrons. The summed E-state index contributed by atoms with van der Waals surface area (Å²) in [4.78, 5) is 12.2. The van der Waals surface area contributed by atoms with Crippen molar-refractivity contribution in [2.24, 2.45) is 0 Å². The number of aromatic nitrogens is 2. The van der Waals surface area contributed by atoms with Crippen molar-refractivity contribution in [3.63, 3.8) is 0 Å². The molecule has 0 spiro atoms. The summed E-state index contributed by atoms with van der Waals surface area (Å²) in [5.41, 5.74) is 1.08. The highest BCUT2D eigenvalue weighted by Crippen LogP contribution is 2.19. The number of amides is 1. The highest BCUT2D eigenvalue weighted by Gasteiger charge is 2.27. The molecule has 8 nitrogen and oxygen atoms in total. The first kappa shape index (κ1) is 16.1. The predicted octanol–water partition coefficient (Wildman–Crippen LogP) is 0.715. The molecule has 1 aliphatic rings. The third kappa shape index (κ3) is 3.59. The number of rotatable bonds is 5. The van der Waals surface area contributed by atoms with E-state index in [9.17, 15) is 4.79 Å². The average molecular weight is 327 g/mol. The second-order valence-electron chi connectivity index (χ2n) is 5.57. The predicted molar refractivity (Wildman–Crippen MR) is 84.0 cm³/mol. The Labute approximate surface area is 138 Å². The van der Waals surface area contributed by atoms with Gasteiger partial charge in [0.25, 0.3) is 0 Å². The van der Waals surface area contributed by atoms with E-state index >= 15 is 0 Å². The first-order valence-corrected chi connectivity index (χ1v) is 7.57. The lowest BCUT2D eigenvalue weighted by atomic mass is 10.1. The van der Waals surface area contributed by atoms with E-state index in [1.54, 1.807) is 31.4 Å². The highest BCUT2D eigenvalue weighted by atomic mass is 16.5. The maximum atomic E-state index is 12.2. The molecule has 3 rings (SSSR count). The smallest absolute Gasteiger partial charge is 0.309 e. The lowest BCUT2D eigenvalue weighted by molar-refractivity contribution is 0.0904. The van der Waals surface area contributed by atoms with Gasteiger partial charge in [0.15, 0.2) is 0 Å². The number of carbonyl (C=O) groups is 1. The van der Waals surface area contributed by atoms with Crippen LogP contribution in [0.1, 0.15) is 22.7 Å². The van der Waals surface area contributed by atoms with E-state index in [0.29, 0.717) is 24.3 Å². The molecule has 0 aliphatic carbocycles. The van der Waals surface area contributed by atoms with Gasteiger partial charge in [-0.3, -0.25) is 4.79 Å². The molecule has 1 saturated heterocycles. The third-order valence-electron chi connectivity index (χ3n) is 3.78. The van der Waals surface area contributed by atoms with Gasteiger partial charge in [0, 0.05) is 31.3 Å². The Hall–Kier alpha value is -2.76. The van der Waals surface area contributed by atoms with Crippen LogP contribution in [-0.2, 0) is 4.74 Å². The Morgan fingerprint density at radius 3 is 3.21 bits per heavy atom. The van der Waals surface area contributed by atoms with Crippen LogP contribution in [0.3, 0.4) is 0 Å². The molecule has 2 atom stereocenters. The third-order valence-corrected chi connectivity index (χ3v) is 3.78. The van der Waals surface area contributed by atoms with E-state index in [1.807, 2.05) is 6.07 Å². The first-order chi connectivity index (χ1) is 11.7. The van der Waals surface area contributed by atoms with Crippen molar-refractivity contribution >= 4 is 5.91 Å². The zero-order valence-corrected chi connectivity index (χ0v) is 13.2.